The molecular weight excluding hydrogens is 368 g/mol. The van der Waals surface area contributed by atoms with Gasteiger partial charge in [0.25, 0.3) is 11.8 Å². The summed E-state index contributed by atoms with van der Waals surface area (Å²) in [7, 11) is 0. The second-order valence-electron chi connectivity index (χ2n) is 6.96. The molecule has 1 N–H and O–H groups in total. The number of ether oxygens (including phenoxy) is 1. The highest BCUT2D eigenvalue weighted by molar-refractivity contribution is 5.99. The van der Waals surface area contributed by atoms with E-state index in [1.54, 1.807) is 29.2 Å². The van der Waals surface area contributed by atoms with Crippen molar-refractivity contribution in [2.24, 2.45) is 0 Å². The molecule has 0 aliphatic rings. The number of hydrogen-bond donors (Lipinski definition) is 1. The molecule has 0 saturated heterocycles. The quantitative estimate of drug-likeness (QED) is 0.721. The van der Waals surface area contributed by atoms with Gasteiger partial charge in [-0.2, -0.15) is 0 Å². The van der Waals surface area contributed by atoms with Crippen molar-refractivity contribution in [2.45, 2.75) is 34.6 Å². The number of amides is 2. The number of carbonyl (C=O) groups excluding carboxylic acids is 3. The van der Waals surface area contributed by atoms with E-state index in [0.29, 0.717) is 29.9 Å². The SMILES string of the molecule is CCN(CC)C(=O)c1cccc(NC(=O)COC(=O)c2c(C)cc(C)cc2C)c1. The van der Waals surface area contributed by atoms with Gasteiger partial charge in [0.15, 0.2) is 6.61 Å². The van der Waals surface area contributed by atoms with Crippen LogP contribution in [0, 0.1) is 20.8 Å². The van der Waals surface area contributed by atoms with Crippen molar-refractivity contribution in [1.29, 1.82) is 0 Å². The van der Waals surface area contributed by atoms with Crippen LogP contribution in [0.3, 0.4) is 0 Å². The fourth-order valence-corrected chi connectivity index (χ4v) is 3.33. The summed E-state index contributed by atoms with van der Waals surface area (Å²) in [6.07, 6.45) is 0. The average Bonchev–Trinajstić information content (AvgIpc) is 2.66. The number of nitrogens with zero attached hydrogens (tertiary/aromatic N) is 1. The van der Waals surface area contributed by atoms with Crippen LogP contribution in [0.2, 0.25) is 0 Å². The molecule has 0 aliphatic heterocycles. The predicted molar refractivity (Wildman–Crippen MR) is 113 cm³/mol. The molecule has 0 unspecified atom stereocenters. The average molecular weight is 396 g/mol. The van der Waals surface area contributed by atoms with Crippen molar-refractivity contribution in [3.63, 3.8) is 0 Å². The lowest BCUT2D eigenvalue weighted by Gasteiger charge is -2.19. The van der Waals surface area contributed by atoms with Crippen LogP contribution in [-0.4, -0.2) is 42.4 Å². The Morgan fingerprint density at radius 2 is 1.59 bits per heavy atom. The molecule has 154 valence electrons. The summed E-state index contributed by atoms with van der Waals surface area (Å²) < 4.78 is 5.19. The van der Waals surface area contributed by atoms with Gasteiger partial charge in [-0.1, -0.05) is 23.8 Å². The van der Waals surface area contributed by atoms with E-state index in [1.807, 2.05) is 46.8 Å². The van der Waals surface area contributed by atoms with E-state index in [2.05, 4.69) is 5.32 Å². The van der Waals surface area contributed by atoms with Gasteiger partial charge in [-0.15, -0.1) is 0 Å². The minimum atomic E-state index is -0.527. The van der Waals surface area contributed by atoms with Crippen LogP contribution in [0.15, 0.2) is 36.4 Å². The number of anilines is 1. The third-order valence-electron chi connectivity index (χ3n) is 4.66. The third kappa shape index (κ3) is 5.67. The second kappa shape index (κ2) is 9.87. The topological polar surface area (TPSA) is 75.7 Å². The van der Waals surface area contributed by atoms with Crippen molar-refractivity contribution in [2.75, 3.05) is 25.0 Å². The van der Waals surface area contributed by atoms with Gasteiger partial charge in [0.1, 0.15) is 0 Å². The van der Waals surface area contributed by atoms with Gasteiger partial charge in [-0.3, -0.25) is 9.59 Å². The molecule has 0 heterocycles. The van der Waals surface area contributed by atoms with Gasteiger partial charge in [0.05, 0.1) is 5.56 Å². The molecule has 6 heteroatoms. The fraction of sp³-hybridized carbons (Fsp3) is 0.348. The Morgan fingerprint density at radius 3 is 2.17 bits per heavy atom. The zero-order chi connectivity index (χ0) is 21.6. The molecular formula is C23H28N2O4. The first-order valence-corrected chi connectivity index (χ1v) is 9.71. The van der Waals surface area contributed by atoms with Crippen LogP contribution < -0.4 is 5.32 Å². The number of rotatable bonds is 7. The monoisotopic (exact) mass is 396 g/mol. The second-order valence-corrected chi connectivity index (χ2v) is 6.96. The predicted octanol–water partition coefficient (Wildman–Crippen LogP) is 3.89. The minimum Gasteiger partial charge on any atom is -0.452 e. The Morgan fingerprint density at radius 1 is 0.966 bits per heavy atom. The summed E-state index contributed by atoms with van der Waals surface area (Å²) in [6, 6.07) is 10.5. The van der Waals surface area contributed by atoms with E-state index in [4.69, 9.17) is 4.74 Å². The molecule has 0 bridgehead atoms. The minimum absolute atomic E-state index is 0.0946. The Balaban J connectivity index is 2.01. The molecule has 2 rings (SSSR count). The van der Waals surface area contributed by atoms with E-state index >= 15 is 0 Å². The Bertz CT molecular complexity index is 894. The lowest BCUT2D eigenvalue weighted by Crippen LogP contribution is -2.30. The first-order chi connectivity index (χ1) is 13.8. The normalized spacial score (nSPS) is 10.4. The van der Waals surface area contributed by atoms with Crippen molar-refractivity contribution in [3.05, 3.63) is 64.2 Å². The van der Waals surface area contributed by atoms with Crippen LogP contribution in [-0.2, 0) is 9.53 Å². The van der Waals surface area contributed by atoms with Gasteiger partial charge in [0.2, 0.25) is 0 Å². The lowest BCUT2D eigenvalue weighted by molar-refractivity contribution is -0.119. The number of aryl methyl sites for hydroxylation is 3. The van der Waals surface area contributed by atoms with Gasteiger partial charge < -0.3 is 15.0 Å². The first kappa shape index (κ1) is 22.1. The van der Waals surface area contributed by atoms with Gasteiger partial charge in [-0.25, -0.2) is 4.79 Å². The van der Waals surface area contributed by atoms with Crippen LogP contribution in [0.25, 0.3) is 0 Å². The van der Waals surface area contributed by atoms with Crippen LogP contribution >= 0.6 is 0 Å². The number of carbonyl (C=O) groups is 3. The van der Waals surface area contributed by atoms with E-state index in [1.165, 1.54) is 0 Å². The number of nitrogens with one attached hydrogen (secondary N) is 1. The maximum atomic E-state index is 12.4. The molecule has 2 amide bonds. The van der Waals surface area contributed by atoms with Gasteiger partial charge in [0, 0.05) is 24.3 Å². The highest BCUT2D eigenvalue weighted by Crippen LogP contribution is 2.18. The standard InChI is InChI=1S/C23H28N2O4/c1-6-25(7-2)22(27)18-9-8-10-19(13-18)24-20(26)14-29-23(28)21-16(4)11-15(3)12-17(21)5/h8-13H,6-7,14H2,1-5H3,(H,24,26). The summed E-state index contributed by atoms with van der Waals surface area (Å²) in [4.78, 5) is 38.8. The Hall–Kier alpha value is -3.15. The Labute approximate surface area is 171 Å². The van der Waals surface area contributed by atoms with Crippen LogP contribution in [0.5, 0.6) is 0 Å². The van der Waals surface area contributed by atoms with Crippen molar-refractivity contribution >= 4 is 23.5 Å². The summed E-state index contributed by atoms with van der Waals surface area (Å²) >= 11 is 0. The molecule has 0 atom stereocenters. The highest BCUT2D eigenvalue weighted by Gasteiger charge is 2.17. The van der Waals surface area contributed by atoms with Gasteiger partial charge in [-0.05, 0) is 63.9 Å². The Kier molecular flexibility index (Phi) is 7.53. The fourth-order valence-electron chi connectivity index (χ4n) is 3.33. The van der Waals surface area contributed by atoms with E-state index in [9.17, 15) is 14.4 Å². The van der Waals surface area contributed by atoms with Crippen molar-refractivity contribution in [1.82, 2.24) is 4.90 Å². The summed E-state index contributed by atoms with van der Waals surface area (Å²) in [5.41, 5.74) is 4.15. The summed E-state index contributed by atoms with van der Waals surface area (Å²) in [5.74, 6) is -1.09. The number of benzene rings is 2. The third-order valence-corrected chi connectivity index (χ3v) is 4.66. The smallest absolute Gasteiger partial charge is 0.339 e. The molecule has 0 aromatic heterocycles. The summed E-state index contributed by atoms with van der Waals surface area (Å²) in [6.45, 7) is 10.3. The number of esters is 1. The van der Waals surface area contributed by atoms with Crippen LogP contribution in [0.1, 0.15) is 51.3 Å². The molecule has 0 radical (unpaired) electrons. The molecule has 0 saturated carbocycles. The lowest BCUT2D eigenvalue weighted by atomic mass is 10.00. The van der Waals surface area contributed by atoms with Crippen LogP contribution in [0.4, 0.5) is 5.69 Å². The van der Waals surface area contributed by atoms with E-state index < -0.39 is 18.5 Å². The zero-order valence-corrected chi connectivity index (χ0v) is 17.7. The maximum absolute atomic E-state index is 12.4. The molecule has 0 fully saturated rings. The molecule has 6 nitrogen and oxygen atoms in total. The molecule has 29 heavy (non-hydrogen) atoms. The molecule has 2 aromatic rings. The highest BCUT2D eigenvalue weighted by atomic mass is 16.5. The molecule has 0 spiro atoms. The van der Waals surface area contributed by atoms with Crippen molar-refractivity contribution in [3.8, 4) is 0 Å². The summed E-state index contributed by atoms with van der Waals surface area (Å²) in [5, 5.41) is 2.67. The van der Waals surface area contributed by atoms with Gasteiger partial charge >= 0.3 is 5.97 Å². The van der Waals surface area contributed by atoms with E-state index in [-0.39, 0.29) is 5.91 Å². The first-order valence-electron chi connectivity index (χ1n) is 9.71. The molecule has 2 aromatic carbocycles. The maximum Gasteiger partial charge on any atom is 0.339 e. The largest absolute Gasteiger partial charge is 0.452 e. The zero-order valence-electron chi connectivity index (χ0n) is 17.7. The number of hydrogen-bond acceptors (Lipinski definition) is 4. The van der Waals surface area contributed by atoms with Crippen molar-refractivity contribution < 1.29 is 19.1 Å². The molecule has 0 aliphatic carbocycles. The van der Waals surface area contributed by atoms with E-state index in [0.717, 1.165) is 16.7 Å².